The topological polar surface area (TPSA) is 45.6 Å². The predicted octanol–water partition coefficient (Wildman–Crippen LogP) is 4.54. The number of aromatic hydroxyl groups is 1. The van der Waals surface area contributed by atoms with Gasteiger partial charge in [0.05, 0.1) is 18.2 Å². The summed E-state index contributed by atoms with van der Waals surface area (Å²) in [5.74, 6) is 4.14. The fourth-order valence-electron chi connectivity index (χ4n) is 5.14. The van der Waals surface area contributed by atoms with Crippen molar-refractivity contribution in [2.24, 2.45) is 11.8 Å². The summed E-state index contributed by atoms with van der Waals surface area (Å²) in [5, 5.41) is 11.1. The number of rotatable bonds is 5. The van der Waals surface area contributed by atoms with Crippen LogP contribution < -0.4 is 0 Å². The number of piperidine rings is 3. The number of pyridine rings is 1. The Hall–Kier alpha value is -2.87. The Morgan fingerprint density at radius 2 is 2.07 bits per heavy atom. The van der Waals surface area contributed by atoms with E-state index in [-0.39, 0.29) is 17.9 Å². The number of benzene rings is 2. The van der Waals surface area contributed by atoms with Crippen LogP contribution in [0.25, 0.3) is 10.9 Å². The van der Waals surface area contributed by atoms with Gasteiger partial charge in [-0.1, -0.05) is 30.3 Å². The van der Waals surface area contributed by atoms with Crippen LogP contribution in [-0.2, 0) is 11.3 Å². The lowest BCUT2D eigenvalue weighted by molar-refractivity contribution is -0.0790. The van der Waals surface area contributed by atoms with E-state index in [4.69, 9.17) is 11.2 Å². The quantitative estimate of drug-likeness (QED) is 0.641. The number of fused-ring (bicyclic) bond motifs is 4. The van der Waals surface area contributed by atoms with E-state index in [1.54, 1.807) is 12.1 Å². The first kappa shape index (κ1) is 19.1. The van der Waals surface area contributed by atoms with Crippen LogP contribution in [-0.4, -0.2) is 34.1 Å². The number of nitrogens with zero attached hydrogens (tertiary/aromatic N) is 2. The van der Waals surface area contributed by atoms with Crippen LogP contribution >= 0.6 is 0 Å². The van der Waals surface area contributed by atoms with Gasteiger partial charge >= 0.3 is 0 Å². The highest BCUT2D eigenvalue weighted by Crippen LogP contribution is 2.43. The van der Waals surface area contributed by atoms with E-state index in [1.165, 1.54) is 0 Å². The van der Waals surface area contributed by atoms with Crippen molar-refractivity contribution in [1.82, 2.24) is 9.88 Å². The first-order chi connectivity index (χ1) is 14.7. The molecule has 3 aliphatic heterocycles. The molecule has 0 radical (unpaired) electrons. The van der Waals surface area contributed by atoms with Gasteiger partial charge in [0.2, 0.25) is 0 Å². The molecule has 152 valence electrons. The molecule has 4 heterocycles. The third-order valence-corrected chi connectivity index (χ3v) is 6.70. The summed E-state index contributed by atoms with van der Waals surface area (Å²) in [4.78, 5) is 7.00. The van der Waals surface area contributed by atoms with Crippen molar-refractivity contribution < 1.29 is 9.84 Å². The van der Waals surface area contributed by atoms with E-state index >= 15 is 0 Å². The van der Waals surface area contributed by atoms with E-state index < -0.39 is 0 Å². The maximum Gasteiger partial charge on any atom is 0.116 e. The van der Waals surface area contributed by atoms with Crippen molar-refractivity contribution in [2.75, 3.05) is 13.1 Å². The van der Waals surface area contributed by atoms with Crippen LogP contribution in [0.3, 0.4) is 0 Å². The van der Waals surface area contributed by atoms with Crippen molar-refractivity contribution >= 4 is 10.9 Å². The summed E-state index contributed by atoms with van der Waals surface area (Å²) in [6.07, 6.45) is 9.73. The summed E-state index contributed by atoms with van der Waals surface area (Å²) in [6, 6.07) is 17.9. The van der Waals surface area contributed by atoms with Crippen molar-refractivity contribution in [3.8, 4) is 18.1 Å². The fraction of sp³-hybridized carbons (Fsp3) is 0.346. The minimum absolute atomic E-state index is 0.112. The smallest absolute Gasteiger partial charge is 0.116 e. The highest BCUT2D eigenvalue weighted by molar-refractivity contribution is 5.83. The van der Waals surface area contributed by atoms with E-state index in [0.717, 1.165) is 48.0 Å². The van der Waals surface area contributed by atoms with Crippen LogP contribution in [0, 0.1) is 24.2 Å². The lowest BCUT2D eigenvalue weighted by Crippen LogP contribution is -2.55. The standard InChI is InChI=1S/C26H26N2O2/c1-2-19-16-28-13-11-20(19)14-25(28)26(30-17-18-6-4-3-5-7-18)22-10-12-27-24-9-8-21(29)15-23(22)24/h1,3-10,12,15,19-20,25-26,29H,11,13-14,16-17H2/t19?,20?,25?,26-/m0/s1. The Morgan fingerprint density at radius 3 is 2.83 bits per heavy atom. The van der Waals surface area contributed by atoms with E-state index in [9.17, 15) is 5.11 Å². The van der Waals surface area contributed by atoms with Gasteiger partial charge in [-0.05, 0) is 60.7 Å². The molecule has 3 fully saturated rings. The Kier molecular flexibility index (Phi) is 5.16. The molecule has 0 amide bonds. The fourth-order valence-corrected chi connectivity index (χ4v) is 5.14. The van der Waals surface area contributed by atoms with Crippen LogP contribution in [0.2, 0.25) is 0 Å². The minimum Gasteiger partial charge on any atom is -0.508 e. The molecule has 0 spiro atoms. The van der Waals surface area contributed by atoms with E-state index in [2.05, 4.69) is 27.9 Å². The van der Waals surface area contributed by atoms with Gasteiger partial charge in [-0.25, -0.2) is 0 Å². The molecule has 3 aromatic rings. The summed E-state index contributed by atoms with van der Waals surface area (Å²) in [5.41, 5.74) is 3.11. The highest BCUT2D eigenvalue weighted by atomic mass is 16.5. The second kappa shape index (κ2) is 8.10. The predicted molar refractivity (Wildman–Crippen MR) is 118 cm³/mol. The molecule has 2 bridgehead atoms. The van der Waals surface area contributed by atoms with Gasteiger partial charge in [-0.2, -0.15) is 0 Å². The summed E-state index contributed by atoms with van der Waals surface area (Å²) in [7, 11) is 0. The summed E-state index contributed by atoms with van der Waals surface area (Å²) in [6.45, 7) is 2.54. The molecule has 1 aromatic heterocycles. The second-order valence-electron chi connectivity index (χ2n) is 8.44. The lowest BCUT2D eigenvalue weighted by Gasteiger charge is -2.50. The second-order valence-corrected chi connectivity index (χ2v) is 8.44. The number of phenolic OH excluding ortho intramolecular Hbond substituents is 1. The highest BCUT2D eigenvalue weighted by Gasteiger charge is 2.43. The van der Waals surface area contributed by atoms with Crippen LogP contribution in [0.15, 0.2) is 60.8 Å². The monoisotopic (exact) mass is 398 g/mol. The molecular formula is C26H26N2O2. The molecule has 4 nitrogen and oxygen atoms in total. The Morgan fingerprint density at radius 1 is 1.20 bits per heavy atom. The SMILES string of the molecule is C#CC1CN2CCC1CC2[C@@H](OCc1ccccc1)c1ccnc2ccc(O)cc12. The maximum atomic E-state index is 10.1. The van der Waals surface area contributed by atoms with Gasteiger partial charge in [-0.3, -0.25) is 9.88 Å². The Balaban J connectivity index is 1.53. The molecule has 0 aliphatic carbocycles. The largest absolute Gasteiger partial charge is 0.508 e. The number of hydrogen-bond donors (Lipinski definition) is 1. The molecule has 4 unspecified atom stereocenters. The zero-order valence-corrected chi connectivity index (χ0v) is 16.9. The average molecular weight is 399 g/mol. The van der Waals surface area contributed by atoms with E-state index in [1.807, 2.05) is 36.5 Å². The molecule has 0 saturated carbocycles. The summed E-state index contributed by atoms with van der Waals surface area (Å²) >= 11 is 0. The third kappa shape index (κ3) is 3.56. The molecule has 6 rings (SSSR count). The van der Waals surface area contributed by atoms with Gasteiger partial charge in [0.15, 0.2) is 0 Å². The van der Waals surface area contributed by atoms with Gasteiger partial charge in [0.25, 0.3) is 0 Å². The summed E-state index contributed by atoms with van der Waals surface area (Å²) < 4.78 is 6.62. The van der Waals surface area contributed by atoms with Gasteiger partial charge in [0.1, 0.15) is 5.75 Å². The van der Waals surface area contributed by atoms with Crippen molar-refractivity contribution in [3.63, 3.8) is 0 Å². The van der Waals surface area contributed by atoms with Crippen LogP contribution in [0.1, 0.15) is 30.1 Å². The Labute approximate surface area is 177 Å². The van der Waals surface area contributed by atoms with Gasteiger partial charge in [-0.15, -0.1) is 12.3 Å². The van der Waals surface area contributed by atoms with Crippen molar-refractivity contribution in [1.29, 1.82) is 0 Å². The maximum absolute atomic E-state index is 10.1. The number of ether oxygens (including phenoxy) is 1. The normalized spacial score (nSPS) is 26.4. The first-order valence-corrected chi connectivity index (χ1v) is 10.7. The third-order valence-electron chi connectivity index (χ3n) is 6.70. The first-order valence-electron chi connectivity index (χ1n) is 10.7. The molecule has 3 saturated heterocycles. The minimum atomic E-state index is -0.112. The number of phenols is 1. The molecule has 5 atom stereocenters. The molecule has 4 heteroatoms. The average Bonchev–Trinajstić information content (AvgIpc) is 2.80. The lowest BCUT2D eigenvalue weighted by atomic mass is 9.74. The zero-order valence-electron chi connectivity index (χ0n) is 16.9. The molecule has 3 aliphatic rings. The van der Waals surface area contributed by atoms with Crippen molar-refractivity contribution in [3.05, 3.63) is 71.9 Å². The molecule has 1 N–H and O–H groups in total. The molecule has 30 heavy (non-hydrogen) atoms. The van der Waals surface area contributed by atoms with Gasteiger partial charge < -0.3 is 9.84 Å². The van der Waals surface area contributed by atoms with Crippen molar-refractivity contribution in [2.45, 2.75) is 31.6 Å². The van der Waals surface area contributed by atoms with Crippen LogP contribution in [0.5, 0.6) is 5.75 Å². The molecule has 2 aromatic carbocycles. The van der Waals surface area contributed by atoms with E-state index in [0.29, 0.717) is 18.4 Å². The number of terminal acetylenes is 1. The van der Waals surface area contributed by atoms with Gasteiger partial charge in [0, 0.05) is 30.1 Å². The Bertz CT molecular complexity index is 1080. The number of hydrogen-bond acceptors (Lipinski definition) is 4. The molecular weight excluding hydrogens is 372 g/mol. The number of aromatic nitrogens is 1. The zero-order chi connectivity index (χ0) is 20.5. The van der Waals surface area contributed by atoms with Crippen LogP contribution in [0.4, 0.5) is 0 Å².